The largest absolute Gasteiger partial charge is 0.383 e. The molecule has 0 aliphatic carbocycles. The Hall–Kier alpha value is -3.50. The number of pyridine rings is 1. The molecule has 10 heteroatoms. The number of hydrogen-bond acceptors (Lipinski definition) is 6. The van der Waals surface area contributed by atoms with Crippen LogP contribution < -0.4 is 15.8 Å². The summed E-state index contributed by atoms with van der Waals surface area (Å²) in [5, 5.41) is 4.68. The lowest BCUT2D eigenvalue weighted by Gasteiger charge is -2.28. The molecular formula is C24H27N5O4S. The quantitative estimate of drug-likeness (QED) is 0.470. The average Bonchev–Trinajstić information content (AvgIpc) is 3.31. The van der Waals surface area contributed by atoms with Crippen molar-refractivity contribution in [3.8, 4) is 0 Å². The van der Waals surface area contributed by atoms with Crippen molar-refractivity contribution in [2.24, 2.45) is 0 Å². The molecule has 1 saturated heterocycles. The summed E-state index contributed by atoms with van der Waals surface area (Å²) in [6, 6.07) is 14.4. The Morgan fingerprint density at radius 1 is 1.18 bits per heavy atom. The van der Waals surface area contributed by atoms with Crippen molar-refractivity contribution in [3.05, 3.63) is 71.9 Å². The molecule has 4 N–H and O–H groups in total. The van der Waals surface area contributed by atoms with Crippen LogP contribution in [0.3, 0.4) is 0 Å². The summed E-state index contributed by atoms with van der Waals surface area (Å²) in [7, 11) is -3.66. The van der Waals surface area contributed by atoms with Gasteiger partial charge in [-0.05, 0) is 41.5 Å². The normalized spacial score (nSPS) is 17.0. The van der Waals surface area contributed by atoms with Crippen LogP contribution in [0.15, 0.2) is 60.8 Å². The number of sulfonamides is 1. The molecule has 2 aromatic carbocycles. The fraction of sp³-hybridized carbons (Fsp3) is 0.292. The smallest absolute Gasteiger partial charge is 0.245 e. The lowest BCUT2D eigenvalue weighted by molar-refractivity contribution is -0.139. The van der Waals surface area contributed by atoms with Crippen LogP contribution in [0.4, 0.5) is 5.82 Å². The van der Waals surface area contributed by atoms with E-state index in [2.05, 4.69) is 15.0 Å². The number of rotatable bonds is 7. The first-order valence-corrected chi connectivity index (χ1v) is 12.9. The standard InChI is InChI=1S/C24H27N5O4S/c1-34(32,33)28-21(17-6-3-2-4-7-17)24(31)29-13-5-8-20(29)23(30)27-15-16-9-10-19-18(14-16)11-12-26-22(19)25/h2-4,6-7,9-12,14,20-21,28H,5,8,13,15H2,1H3,(H2,25,26)(H,27,30). The lowest BCUT2D eigenvalue weighted by atomic mass is 10.1. The molecular weight excluding hydrogens is 454 g/mol. The first-order chi connectivity index (χ1) is 16.2. The zero-order valence-corrected chi connectivity index (χ0v) is 19.6. The van der Waals surface area contributed by atoms with Gasteiger partial charge in [0.25, 0.3) is 0 Å². The molecule has 1 fully saturated rings. The number of anilines is 1. The molecule has 1 aliphatic rings. The van der Waals surface area contributed by atoms with Crippen LogP contribution in [0, 0.1) is 0 Å². The number of hydrogen-bond donors (Lipinski definition) is 3. The molecule has 3 aromatic rings. The zero-order valence-electron chi connectivity index (χ0n) is 18.8. The fourth-order valence-corrected chi connectivity index (χ4v) is 4.92. The van der Waals surface area contributed by atoms with E-state index in [4.69, 9.17) is 5.73 Å². The van der Waals surface area contributed by atoms with Gasteiger partial charge in [-0.3, -0.25) is 9.59 Å². The minimum Gasteiger partial charge on any atom is -0.383 e. The van der Waals surface area contributed by atoms with Crippen molar-refractivity contribution < 1.29 is 18.0 Å². The van der Waals surface area contributed by atoms with Gasteiger partial charge in [0.1, 0.15) is 17.9 Å². The molecule has 0 spiro atoms. The SMILES string of the molecule is CS(=O)(=O)NC(C(=O)N1CCCC1C(=O)NCc1ccc2c(N)nccc2c1)c1ccccc1. The van der Waals surface area contributed by atoms with Gasteiger partial charge in [-0.1, -0.05) is 42.5 Å². The number of nitrogens with one attached hydrogen (secondary N) is 2. The maximum Gasteiger partial charge on any atom is 0.245 e. The van der Waals surface area contributed by atoms with Crippen molar-refractivity contribution in [2.75, 3.05) is 18.5 Å². The van der Waals surface area contributed by atoms with Gasteiger partial charge in [0.15, 0.2) is 0 Å². The lowest BCUT2D eigenvalue weighted by Crippen LogP contribution is -2.49. The van der Waals surface area contributed by atoms with Crippen LogP contribution in [0.25, 0.3) is 10.8 Å². The minimum absolute atomic E-state index is 0.272. The molecule has 2 unspecified atom stereocenters. The Kier molecular flexibility index (Phi) is 6.80. The van der Waals surface area contributed by atoms with E-state index in [1.54, 1.807) is 36.5 Å². The molecule has 1 aromatic heterocycles. The van der Waals surface area contributed by atoms with E-state index in [0.717, 1.165) is 22.6 Å². The topological polar surface area (TPSA) is 134 Å². The van der Waals surface area contributed by atoms with Crippen LogP contribution in [-0.4, -0.2) is 49.0 Å². The molecule has 4 rings (SSSR count). The number of amides is 2. The van der Waals surface area contributed by atoms with Gasteiger partial charge in [-0.15, -0.1) is 0 Å². The first-order valence-electron chi connectivity index (χ1n) is 11.0. The summed E-state index contributed by atoms with van der Waals surface area (Å²) in [6.45, 7) is 0.674. The molecule has 34 heavy (non-hydrogen) atoms. The van der Waals surface area contributed by atoms with E-state index in [-0.39, 0.29) is 5.91 Å². The third kappa shape index (κ3) is 5.35. The van der Waals surface area contributed by atoms with Crippen molar-refractivity contribution >= 4 is 38.4 Å². The minimum atomic E-state index is -3.66. The number of benzene rings is 2. The predicted molar refractivity (Wildman–Crippen MR) is 130 cm³/mol. The molecule has 9 nitrogen and oxygen atoms in total. The van der Waals surface area contributed by atoms with Crippen LogP contribution >= 0.6 is 0 Å². The van der Waals surface area contributed by atoms with Gasteiger partial charge in [0.2, 0.25) is 21.8 Å². The van der Waals surface area contributed by atoms with Crippen molar-refractivity contribution in [3.63, 3.8) is 0 Å². The van der Waals surface area contributed by atoms with Crippen molar-refractivity contribution in [1.82, 2.24) is 19.9 Å². The van der Waals surface area contributed by atoms with Crippen molar-refractivity contribution in [2.45, 2.75) is 31.5 Å². The van der Waals surface area contributed by atoms with Gasteiger partial charge >= 0.3 is 0 Å². The highest BCUT2D eigenvalue weighted by atomic mass is 32.2. The predicted octanol–water partition coefficient (Wildman–Crippen LogP) is 1.71. The number of nitrogens with zero attached hydrogens (tertiary/aromatic N) is 2. The third-order valence-electron chi connectivity index (χ3n) is 5.88. The van der Waals surface area contributed by atoms with Gasteiger partial charge in [0, 0.05) is 24.7 Å². The number of fused-ring (bicyclic) bond motifs is 1. The Morgan fingerprint density at radius 3 is 2.68 bits per heavy atom. The van der Waals surface area contributed by atoms with E-state index >= 15 is 0 Å². The molecule has 0 bridgehead atoms. The number of aromatic nitrogens is 1. The number of nitrogen functional groups attached to an aromatic ring is 1. The second-order valence-electron chi connectivity index (χ2n) is 8.39. The summed E-state index contributed by atoms with van der Waals surface area (Å²) in [5.41, 5.74) is 7.31. The Balaban J connectivity index is 1.48. The number of carbonyl (C=O) groups is 2. The van der Waals surface area contributed by atoms with Crippen LogP contribution in [0.5, 0.6) is 0 Å². The number of likely N-dealkylation sites (tertiary alicyclic amines) is 1. The van der Waals surface area contributed by atoms with Gasteiger partial charge in [0.05, 0.1) is 6.26 Å². The monoisotopic (exact) mass is 481 g/mol. The molecule has 2 amide bonds. The maximum atomic E-state index is 13.4. The summed E-state index contributed by atoms with van der Waals surface area (Å²) < 4.78 is 26.3. The zero-order chi connectivity index (χ0) is 24.3. The highest BCUT2D eigenvalue weighted by Gasteiger charge is 2.38. The van der Waals surface area contributed by atoms with Crippen molar-refractivity contribution in [1.29, 1.82) is 0 Å². The summed E-state index contributed by atoms with van der Waals surface area (Å²) in [4.78, 5) is 32.0. The van der Waals surface area contributed by atoms with E-state index in [0.29, 0.717) is 37.3 Å². The Morgan fingerprint density at radius 2 is 1.94 bits per heavy atom. The van der Waals surface area contributed by atoms with E-state index in [1.165, 1.54) is 4.90 Å². The second kappa shape index (κ2) is 9.78. The van der Waals surface area contributed by atoms with E-state index in [1.807, 2.05) is 24.3 Å². The van der Waals surface area contributed by atoms with Gasteiger partial charge in [-0.25, -0.2) is 13.4 Å². The maximum absolute atomic E-state index is 13.4. The molecule has 2 atom stereocenters. The highest BCUT2D eigenvalue weighted by molar-refractivity contribution is 7.88. The van der Waals surface area contributed by atoms with Crippen LogP contribution in [0.2, 0.25) is 0 Å². The molecule has 0 saturated carbocycles. The fourth-order valence-electron chi connectivity index (χ4n) is 4.26. The molecule has 1 aliphatic heterocycles. The van der Waals surface area contributed by atoms with Gasteiger partial charge < -0.3 is 16.0 Å². The average molecular weight is 482 g/mol. The van der Waals surface area contributed by atoms with Crippen LogP contribution in [-0.2, 0) is 26.2 Å². The van der Waals surface area contributed by atoms with E-state index in [9.17, 15) is 18.0 Å². The summed E-state index contributed by atoms with van der Waals surface area (Å²) >= 11 is 0. The third-order valence-corrected chi connectivity index (χ3v) is 6.54. The molecule has 178 valence electrons. The summed E-state index contributed by atoms with van der Waals surface area (Å²) in [6.07, 6.45) is 3.82. The van der Waals surface area contributed by atoms with Gasteiger partial charge in [-0.2, -0.15) is 4.72 Å². The number of nitrogens with two attached hydrogens (primary N) is 1. The Bertz CT molecular complexity index is 1310. The summed E-state index contributed by atoms with van der Waals surface area (Å²) in [5.74, 6) is -0.266. The molecule has 2 heterocycles. The van der Waals surface area contributed by atoms with Crippen LogP contribution in [0.1, 0.15) is 30.0 Å². The molecule has 0 radical (unpaired) electrons. The van der Waals surface area contributed by atoms with E-state index < -0.39 is 28.0 Å². The Labute approximate surface area is 198 Å². The number of carbonyl (C=O) groups excluding carboxylic acids is 2. The first kappa shape index (κ1) is 23.7. The second-order valence-corrected chi connectivity index (χ2v) is 10.2. The highest BCUT2D eigenvalue weighted by Crippen LogP contribution is 2.25.